The Morgan fingerprint density at radius 2 is 1.84 bits per heavy atom. The molecular weight excluding hydrogens is 236 g/mol. The van der Waals surface area contributed by atoms with E-state index in [4.69, 9.17) is 0 Å². The van der Waals surface area contributed by atoms with E-state index in [9.17, 15) is 4.79 Å². The minimum Gasteiger partial charge on any atom is -0.355 e. The first-order valence-electron chi connectivity index (χ1n) is 6.99. The maximum absolute atomic E-state index is 11.6. The average Bonchev–Trinajstić information content (AvgIpc) is 2.36. The van der Waals surface area contributed by atoms with Crippen molar-refractivity contribution in [3.8, 4) is 0 Å². The fourth-order valence-electron chi connectivity index (χ4n) is 1.83. The number of amides is 1. The van der Waals surface area contributed by atoms with Crippen LogP contribution in [0.25, 0.3) is 0 Å². The molecule has 0 heterocycles. The molecule has 106 valence electrons. The fourth-order valence-corrected chi connectivity index (χ4v) is 1.83. The highest BCUT2D eigenvalue weighted by Gasteiger charge is 2.03. The summed E-state index contributed by atoms with van der Waals surface area (Å²) in [6.45, 7) is 5.98. The van der Waals surface area contributed by atoms with Gasteiger partial charge in [0.2, 0.25) is 5.91 Å². The number of nitrogens with zero attached hydrogens (tertiary/aromatic N) is 1. The lowest BCUT2D eigenvalue weighted by Gasteiger charge is -2.10. The van der Waals surface area contributed by atoms with Gasteiger partial charge in [-0.3, -0.25) is 4.79 Å². The Balaban J connectivity index is 2.30. The van der Waals surface area contributed by atoms with Gasteiger partial charge in [0.1, 0.15) is 0 Å². The quantitative estimate of drug-likeness (QED) is 0.818. The van der Waals surface area contributed by atoms with Crippen molar-refractivity contribution in [1.82, 2.24) is 10.2 Å². The maximum Gasteiger partial charge on any atom is 0.220 e. The van der Waals surface area contributed by atoms with E-state index in [1.54, 1.807) is 0 Å². The van der Waals surface area contributed by atoms with E-state index >= 15 is 0 Å². The number of rotatable bonds is 7. The molecule has 19 heavy (non-hydrogen) atoms. The van der Waals surface area contributed by atoms with Crippen molar-refractivity contribution in [3.63, 3.8) is 0 Å². The summed E-state index contributed by atoms with van der Waals surface area (Å²) in [4.78, 5) is 13.7. The Bertz CT molecular complexity index is 382. The Morgan fingerprint density at radius 1 is 1.21 bits per heavy atom. The van der Waals surface area contributed by atoms with Crippen LogP contribution in [0.2, 0.25) is 0 Å². The molecule has 1 rings (SSSR count). The normalized spacial score (nSPS) is 11.1. The van der Waals surface area contributed by atoms with Crippen LogP contribution in [0.15, 0.2) is 24.3 Å². The molecule has 3 nitrogen and oxygen atoms in total. The van der Waals surface area contributed by atoms with Gasteiger partial charge in [0.15, 0.2) is 0 Å². The molecule has 0 saturated carbocycles. The summed E-state index contributed by atoms with van der Waals surface area (Å²) >= 11 is 0. The first-order valence-corrected chi connectivity index (χ1v) is 6.99. The van der Waals surface area contributed by atoms with E-state index in [1.165, 1.54) is 11.1 Å². The molecule has 0 radical (unpaired) electrons. The van der Waals surface area contributed by atoms with Crippen molar-refractivity contribution >= 4 is 5.91 Å². The molecule has 0 aliphatic carbocycles. The molecule has 0 fully saturated rings. The summed E-state index contributed by atoms with van der Waals surface area (Å²) in [5.41, 5.74) is 2.58. The minimum absolute atomic E-state index is 0.134. The van der Waals surface area contributed by atoms with E-state index in [0.717, 1.165) is 19.5 Å². The van der Waals surface area contributed by atoms with Crippen LogP contribution in [0.1, 0.15) is 37.3 Å². The standard InChI is InChI=1S/C16H26N2O/c1-13(2)15-8-5-14(6-9-15)7-10-16(19)17-11-12-18(3)4/h5-6,8-9,13H,7,10-12H2,1-4H3,(H,17,19). The Hall–Kier alpha value is -1.35. The zero-order valence-electron chi connectivity index (χ0n) is 12.6. The lowest BCUT2D eigenvalue weighted by Crippen LogP contribution is -2.31. The summed E-state index contributed by atoms with van der Waals surface area (Å²) in [6.07, 6.45) is 1.38. The predicted octanol–water partition coefficient (Wildman–Crippen LogP) is 2.42. The number of hydrogen-bond acceptors (Lipinski definition) is 2. The lowest BCUT2D eigenvalue weighted by molar-refractivity contribution is -0.121. The Labute approximate surface area is 117 Å². The highest BCUT2D eigenvalue weighted by atomic mass is 16.1. The SMILES string of the molecule is CC(C)c1ccc(CCC(=O)NCCN(C)C)cc1. The number of carbonyl (C=O) groups is 1. The van der Waals surface area contributed by atoms with Crippen LogP contribution in [0, 0.1) is 0 Å². The third kappa shape index (κ3) is 6.39. The molecule has 0 aromatic heterocycles. The fraction of sp³-hybridized carbons (Fsp3) is 0.562. The zero-order chi connectivity index (χ0) is 14.3. The van der Waals surface area contributed by atoms with Gasteiger partial charge in [-0.05, 0) is 37.6 Å². The third-order valence-electron chi connectivity index (χ3n) is 3.17. The number of nitrogens with one attached hydrogen (secondary N) is 1. The molecule has 0 unspecified atom stereocenters. The molecule has 3 heteroatoms. The Morgan fingerprint density at radius 3 is 2.37 bits per heavy atom. The minimum atomic E-state index is 0.134. The van der Waals surface area contributed by atoms with Crippen molar-refractivity contribution in [2.24, 2.45) is 0 Å². The summed E-state index contributed by atoms with van der Waals surface area (Å²) in [5, 5.41) is 2.93. The highest BCUT2D eigenvalue weighted by Crippen LogP contribution is 2.15. The summed E-state index contributed by atoms with van der Waals surface area (Å²) < 4.78 is 0. The molecule has 0 spiro atoms. The van der Waals surface area contributed by atoms with Crippen molar-refractivity contribution in [1.29, 1.82) is 0 Å². The van der Waals surface area contributed by atoms with Crippen LogP contribution in [0.4, 0.5) is 0 Å². The molecule has 1 aromatic carbocycles. The van der Waals surface area contributed by atoms with Crippen LogP contribution in [0.5, 0.6) is 0 Å². The van der Waals surface area contributed by atoms with Gasteiger partial charge >= 0.3 is 0 Å². The molecule has 0 atom stereocenters. The summed E-state index contributed by atoms with van der Waals surface area (Å²) in [6, 6.07) is 8.57. The largest absolute Gasteiger partial charge is 0.355 e. The van der Waals surface area contributed by atoms with Crippen LogP contribution in [0.3, 0.4) is 0 Å². The maximum atomic E-state index is 11.6. The van der Waals surface area contributed by atoms with Gasteiger partial charge in [-0.15, -0.1) is 0 Å². The Kier molecular flexibility index (Phi) is 6.57. The van der Waals surface area contributed by atoms with Gasteiger partial charge in [0.25, 0.3) is 0 Å². The van der Waals surface area contributed by atoms with Crippen LogP contribution in [-0.2, 0) is 11.2 Å². The van der Waals surface area contributed by atoms with Crippen LogP contribution >= 0.6 is 0 Å². The topological polar surface area (TPSA) is 32.3 Å². The molecule has 0 aliphatic rings. The molecular formula is C16H26N2O. The van der Waals surface area contributed by atoms with Gasteiger partial charge in [-0.1, -0.05) is 38.1 Å². The average molecular weight is 262 g/mol. The van der Waals surface area contributed by atoms with Crippen molar-refractivity contribution in [2.75, 3.05) is 27.2 Å². The van der Waals surface area contributed by atoms with Gasteiger partial charge < -0.3 is 10.2 Å². The molecule has 1 aromatic rings. The second-order valence-corrected chi connectivity index (χ2v) is 5.55. The summed E-state index contributed by atoms with van der Waals surface area (Å²) in [7, 11) is 4.00. The highest BCUT2D eigenvalue weighted by molar-refractivity contribution is 5.76. The number of carbonyl (C=O) groups excluding carboxylic acids is 1. The molecule has 0 aliphatic heterocycles. The monoisotopic (exact) mass is 262 g/mol. The molecule has 0 bridgehead atoms. The van der Waals surface area contributed by atoms with Gasteiger partial charge in [0, 0.05) is 19.5 Å². The third-order valence-corrected chi connectivity index (χ3v) is 3.17. The summed E-state index contributed by atoms with van der Waals surface area (Å²) in [5.74, 6) is 0.693. The van der Waals surface area contributed by atoms with E-state index in [2.05, 4.69) is 48.3 Å². The van der Waals surface area contributed by atoms with Crippen molar-refractivity contribution in [3.05, 3.63) is 35.4 Å². The van der Waals surface area contributed by atoms with E-state index in [-0.39, 0.29) is 5.91 Å². The van der Waals surface area contributed by atoms with E-state index in [0.29, 0.717) is 12.3 Å². The van der Waals surface area contributed by atoms with Gasteiger partial charge in [-0.2, -0.15) is 0 Å². The number of aryl methyl sites for hydroxylation is 1. The molecule has 1 N–H and O–H groups in total. The number of likely N-dealkylation sites (N-methyl/N-ethyl adjacent to an activating group) is 1. The van der Waals surface area contributed by atoms with Crippen molar-refractivity contribution < 1.29 is 4.79 Å². The number of hydrogen-bond donors (Lipinski definition) is 1. The molecule has 0 saturated heterocycles. The first kappa shape index (κ1) is 15.7. The zero-order valence-corrected chi connectivity index (χ0v) is 12.6. The van der Waals surface area contributed by atoms with Crippen molar-refractivity contribution in [2.45, 2.75) is 32.6 Å². The number of benzene rings is 1. The van der Waals surface area contributed by atoms with Gasteiger partial charge in [0.05, 0.1) is 0 Å². The van der Waals surface area contributed by atoms with Crippen LogP contribution in [-0.4, -0.2) is 38.0 Å². The van der Waals surface area contributed by atoms with Crippen LogP contribution < -0.4 is 5.32 Å². The second kappa shape index (κ2) is 7.95. The first-order chi connectivity index (χ1) is 8.99. The smallest absolute Gasteiger partial charge is 0.220 e. The van der Waals surface area contributed by atoms with E-state index < -0.39 is 0 Å². The lowest BCUT2D eigenvalue weighted by atomic mass is 10.0. The predicted molar refractivity (Wildman–Crippen MR) is 80.4 cm³/mol. The molecule has 1 amide bonds. The van der Waals surface area contributed by atoms with E-state index in [1.807, 2.05) is 14.1 Å². The van der Waals surface area contributed by atoms with Gasteiger partial charge in [-0.25, -0.2) is 0 Å². The second-order valence-electron chi connectivity index (χ2n) is 5.55.